The van der Waals surface area contributed by atoms with Crippen LogP contribution in [0.25, 0.3) is 0 Å². The van der Waals surface area contributed by atoms with E-state index in [9.17, 15) is 19.5 Å². The van der Waals surface area contributed by atoms with Gasteiger partial charge < -0.3 is 19.9 Å². The van der Waals surface area contributed by atoms with Crippen LogP contribution in [0.1, 0.15) is 19.4 Å². The molecule has 1 aromatic rings. The SMILES string of the molecule is CC(=O)O[C@@H](C)OC(=O)NC[C@H](Cc1cccc(Br)c1)C(=O)O. The lowest BCUT2D eigenvalue weighted by molar-refractivity contribution is -0.162. The number of ether oxygens (including phenoxy) is 2. The Balaban J connectivity index is 2.52. The highest BCUT2D eigenvalue weighted by atomic mass is 79.9. The molecule has 0 heterocycles. The summed E-state index contributed by atoms with van der Waals surface area (Å²) in [6, 6.07) is 7.27. The minimum atomic E-state index is -1.04. The van der Waals surface area contributed by atoms with Crippen LogP contribution in [0.2, 0.25) is 0 Å². The summed E-state index contributed by atoms with van der Waals surface area (Å²) in [7, 11) is 0. The van der Waals surface area contributed by atoms with Crippen LogP contribution in [0.3, 0.4) is 0 Å². The molecule has 2 atom stereocenters. The van der Waals surface area contributed by atoms with Crippen LogP contribution in [0.5, 0.6) is 0 Å². The zero-order valence-electron chi connectivity index (χ0n) is 12.7. The summed E-state index contributed by atoms with van der Waals surface area (Å²) in [5.74, 6) is -2.41. The predicted molar refractivity (Wildman–Crippen MR) is 84.7 cm³/mol. The standard InChI is InChI=1S/C15H18BrNO6/c1-9(18)22-10(2)23-15(21)17-8-12(14(19)20)6-11-4-3-5-13(16)7-11/h3-5,7,10,12H,6,8H2,1-2H3,(H,17,21)(H,19,20)/t10-,12+/m1/s1. The number of amides is 1. The second-order valence-electron chi connectivity index (χ2n) is 4.83. The lowest BCUT2D eigenvalue weighted by Gasteiger charge is -2.16. The molecular weight excluding hydrogens is 370 g/mol. The number of carbonyl (C=O) groups excluding carboxylic acids is 2. The van der Waals surface area contributed by atoms with Gasteiger partial charge in [0.2, 0.25) is 6.29 Å². The Bertz CT molecular complexity index is 577. The van der Waals surface area contributed by atoms with Crippen molar-refractivity contribution in [2.24, 2.45) is 5.92 Å². The summed E-state index contributed by atoms with van der Waals surface area (Å²) in [4.78, 5) is 33.5. The van der Waals surface area contributed by atoms with Crippen LogP contribution in [0.4, 0.5) is 4.79 Å². The number of carboxylic acids is 1. The summed E-state index contributed by atoms with van der Waals surface area (Å²) >= 11 is 3.32. The fourth-order valence-corrected chi connectivity index (χ4v) is 2.30. The summed E-state index contributed by atoms with van der Waals surface area (Å²) < 4.78 is 10.3. The Morgan fingerprint density at radius 3 is 2.57 bits per heavy atom. The molecule has 0 fully saturated rings. The van der Waals surface area contributed by atoms with Crippen molar-refractivity contribution >= 4 is 34.0 Å². The number of alkyl carbamates (subject to hydrolysis) is 1. The van der Waals surface area contributed by atoms with Gasteiger partial charge in [-0.25, -0.2) is 4.79 Å². The van der Waals surface area contributed by atoms with Crippen LogP contribution in [0, 0.1) is 5.92 Å². The maximum atomic E-state index is 11.5. The maximum absolute atomic E-state index is 11.5. The number of nitrogens with one attached hydrogen (secondary N) is 1. The third-order valence-electron chi connectivity index (χ3n) is 2.82. The van der Waals surface area contributed by atoms with Crippen molar-refractivity contribution in [2.75, 3.05) is 6.54 Å². The first-order valence-corrected chi connectivity index (χ1v) is 7.66. The summed E-state index contributed by atoms with van der Waals surface area (Å²) in [5, 5.41) is 11.6. The number of benzene rings is 1. The quantitative estimate of drug-likeness (QED) is 0.549. The maximum Gasteiger partial charge on any atom is 0.410 e. The summed E-state index contributed by atoms with van der Waals surface area (Å²) in [5.41, 5.74) is 0.829. The number of rotatable bonds is 7. The zero-order valence-corrected chi connectivity index (χ0v) is 14.3. The molecule has 0 spiro atoms. The van der Waals surface area contributed by atoms with Crippen molar-refractivity contribution in [1.82, 2.24) is 5.32 Å². The first-order chi connectivity index (χ1) is 10.8. The van der Waals surface area contributed by atoms with Crippen molar-refractivity contribution < 1.29 is 29.0 Å². The van der Waals surface area contributed by atoms with Crippen LogP contribution in [0.15, 0.2) is 28.7 Å². The molecule has 0 saturated carbocycles. The normalized spacial score (nSPS) is 12.8. The molecule has 0 saturated heterocycles. The van der Waals surface area contributed by atoms with E-state index in [1.165, 1.54) is 13.8 Å². The number of hydrogen-bond acceptors (Lipinski definition) is 5. The molecule has 7 nitrogen and oxygen atoms in total. The fraction of sp³-hybridized carbons (Fsp3) is 0.400. The van der Waals surface area contributed by atoms with Crippen molar-refractivity contribution in [3.05, 3.63) is 34.3 Å². The highest BCUT2D eigenvalue weighted by Gasteiger charge is 2.20. The number of carbonyl (C=O) groups is 3. The third-order valence-corrected chi connectivity index (χ3v) is 3.31. The fourth-order valence-electron chi connectivity index (χ4n) is 1.85. The van der Waals surface area contributed by atoms with E-state index in [0.29, 0.717) is 0 Å². The number of halogens is 1. The highest BCUT2D eigenvalue weighted by molar-refractivity contribution is 9.10. The average Bonchev–Trinajstić information content (AvgIpc) is 2.42. The van der Waals surface area contributed by atoms with Crippen molar-refractivity contribution in [2.45, 2.75) is 26.6 Å². The molecule has 1 rings (SSSR count). The van der Waals surface area contributed by atoms with E-state index in [4.69, 9.17) is 4.74 Å². The Morgan fingerprint density at radius 2 is 2.00 bits per heavy atom. The minimum absolute atomic E-state index is 0.104. The molecule has 23 heavy (non-hydrogen) atoms. The molecule has 0 aliphatic rings. The Kier molecular flexibility index (Phi) is 7.53. The number of carboxylic acid groups (broad SMARTS) is 1. The number of hydrogen-bond donors (Lipinski definition) is 2. The van der Waals surface area contributed by atoms with E-state index in [0.717, 1.165) is 10.0 Å². The van der Waals surface area contributed by atoms with Crippen molar-refractivity contribution in [3.63, 3.8) is 0 Å². The average molecular weight is 388 g/mol. The second-order valence-corrected chi connectivity index (χ2v) is 5.75. The smallest absolute Gasteiger partial charge is 0.410 e. The van der Waals surface area contributed by atoms with Gasteiger partial charge in [0.1, 0.15) is 0 Å². The third kappa shape index (κ3) is 7.64. The van der Waals surface area contributed by atoms with Crippen LogP contribution in [-0.2, 0) is 25.5 Å². The minimum Gasteiger partial charge on any atom is -0.481 e. The van der Waals surface area contributed by atoms with Crippen LogP contribution in [-0.4, -0.2) is 36.0 Å². The van der Waals surface area contributed by atoms with Crippen LogP contribution >= 0.6 is 15.9 Å². The lowest BCUT2D eigenvalue weighted by atomic mass is 9.99. The molecule has 0 aromatic heterocycles. The van der Waals surface area contributed by atoms with Gasteiger partial charge in [-0.05, 0) is 24.1 Å². The largest absolute Gasteiger partial charge is 0.481 e. The van der Waals surface area contributed by atoms with Crippen molar-refractivity contribution in [1.29, 1.82) is 0 Å². The molecule has 0 radical (unpaired) electrons. The molecule has 8 heteroatoms. The van der Waals surface area contributed by atoms with Gasteiger partial charge in [0.25, 0.3) is 0 Å². The Labute approximate surface area is 142 Å². The van der Waals surface area contributed by atoms with E-state index in [1.807, 2.05) is 18.2 Å². The van der Waals surface area contributed by atoms with E-state index in [1.54, 1.807) is 6.07 Å². The summed E-state index contributed by atoms with van der Waals surface area (Å²) in [6.45, 7) is 2.47. The van der Waals surface area contributed by atoms with Gasteiger partial charge in [0.05, 0.1) is 5.92 Å². The molecule has 0 bridgehead atoms. The van der Waals surface area contributed by atoms with E-state index in [2.05, 4.69) is 26.0 Å². The summed E-state index contributed by atoms with van der Waals surface area (Å²) in [6.07, 6.45) is -1.63. The molecule has 1 aromatic carbocycles. The van der Waals surface area contributed by atoms with Crippen LogP contribution < -0.4 is 5.32 Å². The second kappa shape index (κ2) is 9.14. The topological polar surface area (TPSA) is 102 Å². The Hall–Kier alpha value is -2.09. The first-order valence-electron chi connectivity index (χ1n) is 6.87. The lowest BCUT2D eigenvalue weighted by Crippen LogP contribution is -2.36. The molecule has 0 aliphatic heterocycles. The van der Waals surface area contributed by atoms with Crippen molar-refractivity contribution in [3.8, 4) is 0 Å². The van der Waals surface area contributed by atoms with E-state index in [-0.39, 0.29) is 13.0 Å². The molecule has 0 aliphatic carbocycles. The van der Waals surface area contributed by atoms with Gasteiger partial charge in [-0.3, -0.25) is 9.59 Å². The van der Waals surface area contributed by atoms with Gasteiger partial charge in [0, 0.05) is 24.9 Å². The van der Waals surface area contributed by atoms with Gasteiger partial charge >= 0.3 is 18.0 Å². The van der Waals surface area contributed by atoms with Gasteiger partial charge in [-0.1, -0.05) is 28.1 Å². The highest BCUT2D eigenvalue weighted by Crippen LogP contribution is 2.15. The molecule has 126 valence electrons. The predicted octanol–water partition coefficient (Wildman–Crippen LogP) is 2.33. The molecule has 2 N–H and O–H groups in total. The van der Waals surface area contributed by atoms with Gasteiger partial charge in [-0.2, -0.15) is 0 Å². The van der Waals surface area contributed by atoms with E-state index >= 15 is 0 Å². The molecule has 0 unspecified atom stereocenters. The molecule has 1 amide bonds. The monoisotopic (exact) mass is 387 g/mol. The molecular formula is C15H18BrNO6. The van der Waals surface area contributed by atoms with Gasteiger partial charge in [0.15, 0.2) is 0 Å². The van der Waals surface area contributed by atoms with Gasteiger partial charge in [-0.15, -0.1) is 0 Å². The Morgan fingerprint density at radius 1 is 1.30 bits per heavy atom. The van der Waals surface area contributed by atoms with E-state index < -0.39 is 30.2 Å². The number of esters is 1. The zero-order chi connectivity index (χ0) is 17.4. The first kappa shape index (κ1) is 19.0. The number of aliphatic carboxylic acids is 1.